The topological polar surface area (TPSA) is 98.3 Å². The van der Waals surface area contributed by atoms with Gasteiger partial charge in [-0.05, 0) is 44.4 Å². The fourth-order valence-corrected chi connectivity index (χ4v) is 3.19. The van der Waals surface area contributed by atoms with E-state index in [1.54, 1.807) is 18.3 Å². The summed E-state index contributed by atoms with van der Waals surface area (Å²) in [6.07, 6.45) is 2.61. The Balaban J connectivity index is 1.83. The summed E-state index contributed by atoms with van der Waals surface area (Å²) < 4.78 is 10.9. The molecule has 0 aliphatic carbocycles. The smallest absolute Gasteiger partial charge is 0.303 e. The van der Waals surface area contributed by atoms with Crippen LogP contribution in [0.25, 0.3) is 22.8 Å². The lowest BCUT2D eigenvalue weighted by Gasteiger charge is -2.09. The zero-order valence-corrected chi connectivity index (χ0v) is 17.4. The van der Waals surface area contributed by atoms with E-state index in [-0.39, 0.29) is 18.4 Å². The van der Waals surface area contributed by atoms with Gasteiger partial charge in [0.05, 0.1) is 16.7 Å². The van der Waals surface area contributed by atoms with Gasteiger partial charge in [0, 0.05) is 18.2 Å². The average molecular weight is 436 g/mol. The van der Waals surface area contributed by atoms with Gasteiger partial charge < -0.3 is 14.4 Å². The molecule has 152 valence electrons. The number of ether oxygens (including phenoxy) is 1. The van der Waals surface area contributed by atoms with Crippen molar-refractivity contribution in [3.05, 3.63) is 46.1 Å². The maximum atomic E-state index is 10.7. The molecule has 0 unspecified atom stereocenters. The van der Waals surface area contributed by atoms with Crippen LogP contribution in [0.15, 0.2) is 35.0 Å². The number of aliphatic carboxylic acids is 1. The Morgan fingerprint density at radius 3 is 2.79 bits per heavy atom. The quantitative estimate of drug-likeness (QED) is 0.512. The molecule has 3 rings (SSSR count). The molecule has 1 N–H and O–H groups in total. The van der Waals surface area contributed by atoms with Crippen LogP contribution in [0.3, 0.4) is 0 Å². The van der Waals surface area contributed by atoms with E-state index in [0.717, 1.165) is 5.56 Å². The number of pyridine rings is 1. The molecule has 0 aliphatic heterocycles. The predicted octanol–water partition coefficient (Wildman–Crippen LogP) is 5.30. The molecular weight excluding hydrogens is 417 g/mol. The van der Waals surface area contributed by atoms with Crippen LogP contribution in [-0.2, 0) is 11.2 Å². The third kappa shape index (κ3) is 5.25. The first-order valence-corrected chi connectivity index (χ1v) is 9.76. The lowest BCUT2D eigenvalue weighted by atomic mass is 10.0. The molecular formula is C20H19Cl2N3O4. The molecule has 29 heavy (non-hydrogen) atoms. The highest BCUT2D eigenvalue weighted by Crippen LogP contribution is 2.32. The van der Waals surface area contributed by atoms with Crippen molar-refractivity contribution in [1.82, 2.24) is 15.1 Å². The van der Waals surface area contributed by atoms with Crippen molar-refractivity contribution in [2.75, 3.05) is 0 Å². The number of carboxylic acid groups (broad SMARTS) is 1. The number of benzene rings is 1. The zero-order chi connectivity index (χ0) is 21.0. The van der Waals surface area contributed by atoms with Crippen molar-refractivity contribution < 1.29 is 19.2 Å². The van der Waals surface area contributed by atoms with Gasteiger partial charge in [-0.3, -0.25) is 4.79 Å². The highest BCUT2D eigenvalue weighted by Gasteiger charge is 2.17. The van der Waals surface area contributed by atoms with Crippen LogP contribution >= 0.6 is 23.2 Å². The molecule has 0 atom stereocenters. The summed E-state index contributed by atoms with van der Waals surface area (Å²) in [6.45, 7) is 3.77. The maximum absolute atomic E-state index is 10.7. The number of nitrogens with zero attached hydrogens (tertiary/aromatic N) is 3. The fourth-order valence-electron chi connectivity index (χ4n) is 2.68. The van der Waals surface area contributed by atoms with E-state index in [0.29, 0.717) is 45.7 Å². The standard InChI is InChI=1S/C20H19Cl2N3O4/c1-11(2)28-20-15(21)9-13(10-23-20)19-24-18(25-29-19)14-7-3-5-12(17(14)22)6-4-8-16(26)27/h3,5,7,9-11H,4,6,8H2,1-2H3,(H,26,27). The first kappa shape index (κ1) is 21.1. The first-order chi connectivity index (χ1) is 13.8. The lowest BCUT2D eigenvalue weighted by Crippen LogP contribution is -2.07. The Bertz CT molecular complexity index is 1020. The van der Waals surface area contributed by atoms with Gasteiger partial charge in [-0.25, -0.2) is 4.98 Å². The number of aromatic nitrogens is 3. The number of aryl methyl sites for hydroxylation is 1. The van der Waals surface area contributed by atoms with E-state index in [1.807, 2.05) is 26.0 Å². The van der Waals surface area contributed by atoms with Gasteiger partial charge in [0.25, 0.3) is 5.89 Å². The second-order valence-corrected chi connectivity index (χ2v) is 7.41. The number of carbonyl (C=O) groups is 1. The number of halogens is 2. The first-order valence-electron chi connectivity index (χ1n) is 9.01. The average Bonchev–Trinajstić information content (AvgIpc) is 3.14. The SMILES string of the molecule is CC(C)Oc1ncc(-c2nc(-c3cccc(CCCC(=O)O)c3Cl)no2)cc1Cl. The predicted molar refractivity (Wildman–Crippen MR) is 109 cm³/mol. The van der Waals surface area contributed by atoms with Gasteiger partial charge in [-0.2, -0.15) is 4.98 Å². The molecule has 0 radical (unpaired) electrons. The minimum absolute atomic E-state index is 0.0502. The molecule has 2 heterocycles. The van der Waals surface area contributed by atoms with Gasteiger partial charge in [0.2, 0.25) is 11.7 Å². The molecule has 0 amide bonds. The van der Waals surface area contributed by atoms with Crippen LogP contribution < -0.4 is 4.74 Å². The minimum atomic E-state index is -0.836. The van der Waals surface area contributed by atoms with Crippen LogP contribution in [0.5, 0.6) is 5.88 Å². The Kier molecular flexibility index (Phi) is 6.71. The van der Waals surface area contributed by atoms with Crippen LogP contribution in [0.1, 0.15) is 32.3 Å². The zero-order valence-electron chi connectivity index (χ0n) is 15.9. The summed E-state index contributed by atoms with van der Waals surface area (Å²) in [5, 5.41) is 13.6. The number of carboxylic acids is 1. The van der Waals surface area contributed by atoms with Crippen molar-refractivity contribution in [1.29, 1.82) is 0 Å². The van der Waals surface area contributed by atoms with E-state index >= 15 is 0 Å². The monoisotopic (exact) mass is 435 g/mol. The maximum Gasteiger partial charge on any atom is 0.303 e. The van der Waals surface area contributed by atoms with Crippen molar-refractivity contribution >= 4 is 29.2 Å². The third-order valence-corrected chi connectivity index (χ3v) is 4.70. The number of rotatable bonds is 8. The van der Waals surface area contributed by atoms with E-state index in [9.17, 15) is 4.79 Å². The second-order valence-electron chi connectivity index (χ2n) is 6.63. The molecule has 0 fully saturated rings. The van der Waals surface area contributed by atoms with Crippen LogP contribution in [0.4, 0.5) is 0 Å². The van der Waals surface area contributed by atoms with Crippen LogP contribution in [0.2, 0.25) is 10.0 Å². The van der Waals surface area contributed by atoms with Gasteiger partial charge in [-0.15, -0.1) is 0 Å². The molecule has 2 aromatic heterocycles. The third-order valence-electron chi connectivity index (χ3n) is 3.98. The largest absolute Gasteiger partial charge is 0.481 e. The molecule has 0 spiro atoms. The lowest BCUT2D eigenvalue weighted by molar-refractivity contribution is -0.137. The summed E-state index contributed by atoms with van der Waals surface area (Å²) in [5.41, 5.74) is 1.99. The summed E-state index contributed by atoms with van der Waals surface area (Å²) in [4.78, 5) is 19.3. The minimum Gasteiger partial charge on any atom is -0.481 e. The fraction of sp³-hybridized carbons (Fsp3) is 0.300. The molecule has 0 bridgehead atoms. The summed E-state index contributed by atoms with van der Waals surface area (Å²) in [5.74, 6) is 0.0704. The van der Waals surface area contributed by atoms with E-state index < -0.39 is 5.97 Å². The van der Waals surface area contributed by atoms with Crippen molar-refractivity contribution in [3.8, 4) is 28.7 Å². The molecule has 0 saturated heterocycles. The van der Waals surface area contributed by atoms with Crippen LogP contribution in [0, 0.1) is 0 Å². The molecule has 9 heteroatoms. The molecule has 0 aliphatic rings. The second kappa shape index (κ2) is 9.24. The van der Waals surface area contributed by atoms with Gasteiger partial charge >= 0.3 is 5.97 Å². The van der Waals surface area contributed by atoms with Crippen molar-refractivity contribution in [2.24, 2.45) is 0 Å². The van der Waals surface area contributed by atoms with E-state index in [4.69, 9.17) is 37.6 Å². The van der Waals surface area contributed by atoms with Crippen molar-refractivity contribution in [2.45, 2.75) is 39.2 Å². The Morgan fingerprint density at radius 1 is 1.31 bits per heavy atom. The number of hydrogen-bond acceptors (Lipinski definition) is 6. The summed E-state index contributed by atoms with van der Waals surface area (Å²) >= 11 is 12.7. The Hall–Kier alpha value is -2.64. The molecule has 7 nitrogen and oxygen atoms in total. The van der Waals surface area contributed by atoms with Gasteiger partial charge in [-0.1, -0.05) is 40.5 Å². The summed E-state index contributed by atoms with van der Waals surface area (Å²) in [7, 11) is 0. The van der Waals surface area contributed by atoms with Crippen molar-refractivity contribution in [3.63, 3.8) is 0 Å². The Morgan fingerprint density at radius 2 is 2.10 bits per heavy atom. The Labute approximate surface area is 177 Å². The van der Waals surface area contributed by atoms with Gasteiger partial charge in [0.15, 0.2) is 0 Å². The molecule has 3 aromatic rings. The highest BCUT2D eigenvalue weighted by atomic mass is 35.5. The van der Waals surface area contributed by atoms with Crippen LogP contribution in [-0.4, -0.2) is 32.3 Å². The normalized spacial score (nSPS) is 11.1. The number of hydrogen-bond donors (Lipinski definition) is 1. The van der Waals surface area contributed by atoms with E-state index in [1.165, 1.54) is 0 Å². The van der Waals surface area contributed by atoms with E-state index in [2.05, 4.69) is 15.1 Å². The van der Waals surface area contributed by atoms with Gasteiger partial charge in [0.1, 0.15) is 5.02 Å². The molecule has 1 aromatic carbocycles. The summed E-state index contributed by atoms with van der Waals surface area (Å²) in [6, 6.07) is 7.10. The molecule has 0 saturated carbocycles. The highest BCUT2D eigenvalue weighted by molar-refractivity contribution is 6.34.